The summed E-state index contributed by atoms with van der Waals surface area (Å²) < 4.78 is 6.55. The molecule has 1 aromatic heterocycles. The number of fused-ring (bicyclic) bond motifs is 1. The van der Waals surface area contributed by atoms with E-state index in [1.54, 1.807) is 18.4 Å². The van der Waals surface area contributed by atoms with E-state index in [2.05, 4.69) is 20.6 Å². The minimum Gasteiger partial charge on any atom is -0.381 e. The Morgan fingerprint density at radius 2 is 2.28 bits per heavy atom. The van der Waals surface area contributed by atoms with Crippen molar-refractivity contribution >= 4 is 39.5 Å². The number of aliphatic imine (C=N–C) groups is 1. The number of aromatic nitrogens is 1. The van der Waals surface area contributed by atoms with Crippen LogP contribution in [-0.2, 0) is 9.53 Å². The second-order valence-electron chi connectivity index (χ2n) is 6.37. The number of nitrogens with zero attached hydrogens (tertiary/aromatic N) is 2. The second kappa shape index (κ2) is 6.93. The molecular weight excluding hydrogens is 336 g/mol. The van der Waals surface area contributed by atoms with Gasteiger partial charge in [0.25, 0.3) is 5.91 Å². The van der Waals surface area contributed by atoms with Gasteiger partial charge in [0, 0.05) is 7.11 Å². The zero-order chi connectivity index (χ0) is 17.2. The van der Waals surface area contributed by atoms with Gasteiger partial charge in [0.05, 0.1) is 27.9 Å². The normalized spacial score (nSPS) is 27.0. The van der Waals surface area contributed by atoms with Gasteiger partial charge < -0.3 is 10.1 Å². The molecule has 1 aliphatic heterocycles. The van der Waals surface area contributed by atoms with E-state index in [4.69, 9.17) is 4.74 Å². The van der Waals surface area contributed by atoms with E-state index in [0.29, 0.717) is 11.7 Å². The van der Waals surface area contributed by atoms with Gasteiger partial charge in [-0.05, 0) is 49.5 Å². The highest BCUT2D eigenvalue weighted by molar-refractivity contribution is 7.16. The maximum atomic E-state index is 12.2. The molecule has 2 fully saturated rings. The van der Waals surface area contributed by atoms with Gasteiger partial charge in [-0.25, -0.2) is 9.98 Å². The zero-order valence-corrected chi connectivity index (χ0v) is 14.8. The molecule has 0 radical (unpaired) electrons. The molecule has 6 nitrogen and oxygen atoms in total. The largest absolute Gasteiger partial charge is 0.381 e. The summed E-state index contributed by atoms with van der Waals surface area (Å²) >= 11 is 1.59. The molecule has 2 aromatic rings. The number of carbonyl (C=O) groups excluding carboxylic acids is 1. The molecule has 7 heteroatoms. The maximum absolute atomic E-state index is 12.2. The smallest absolute Gasteiger partial charge is 0.274 e. The van der Waals surface area contributed by atoms with Gasteiger partial charge in [0.15, 0.2) is 0 Å². The first-order valence-corrected chi connectivity index (χ1v) is 9.33. The molecule has 2 atom stereocenters. The standard InChI is InChI=1S/C18H20N4O2S/c1-24-13-4-2-3-12(9-13)20-18-21-15(17(23)22-18)7-11-5-6-14-16(8-11)25-10-19-14/h5-8,10,12-13H,2-4,9H2,1H3,(H2,20,21,22,23)/b15-7-. The summed E-state index contributed by atoms with van der Waals surface area (Å²) in [4.78, 5) is 21.1. The van der Waals surface area contributed by atoms with Crippen molar-refractivity contribution in [3.05, 3.63) is 35.0 Å². The summed E-state index contributed by atoms with van der Waals surface area (Å²) in [6.45, 7) is 0. The van der Waals surface area contributed by atoms with Gasteiger partial charge >= 0.3 is 0 Å². The van der Waals surface area contributed by atoms with E-state index in [9.17, 15) is 4.79 Å². The van der Waals surface area contributed by atoms with Gasteiger partial charge in [-0.15, -0.1) is 11.3 Å². The van der Waals surface area contributed by atoms with Gasteiger partial charge in [-0.3, -0.25) is 10.1 Å². The Labute approximate surface area is 150 Å². The Morgan fingerprint density at radius 3 is 3.16 bits per heavy atom. The van der Waals surface area contributed by atoms with Crippen LogP contribution >= 0.6 is 11.3 Å². The third-order valence-corrected chi connectivity index (χ3v) is 5.43. The van der Waals surface area contributed by atoms with Crippen LogP contribution in [0.5, 0.6) is 0 Å². The Kier molecular flexibility index (Phi) is 4.50. The number of nitrogens with one attached hydrogen (secondary N) is 2. The minimum atomic E-state index is -0.151. The number of rotatable bonds is 3. The summed E-state index contributed by atoms with van der Waals surface area (Å²) in [7, 11) is 1.75. The first-order chi connectivity index (χ1) is 12.2. The lowest BCUT2D eigenvalue weighted by Crippen LogP contribution is -2.30. The molecule has 130 valence electrons. The fourth-order valence-corrected chi connectivity index (χ4v) is 4.04. The van der Waals surface area contributed by atoms with Crippen molar-refractivity contribution in [1.29, 1.82) is 0 Å². The van der Waals surface area contributed by atoms with Crippen LogP contribution in [0.25, 0.3) is 16.3 Å². The van der Waals surface area contributed by atoms with E-state index < -0.39 is 0 Å². The number of carbonyl (C=O) groups is 1. The molecule has 1 saturated heterocycles. The molecular formula is C18H20N4O2S. The Balaban J connectivity index is 1.50. The highest BCUT2D eigenvalue weighted by Gasteiger charge is 2.26. The molecule has 4 rings (SSSR count). The second-order valence-corrected chi connectivity index (χ2v) is 7.26. The van der Waals surface area contributed by atoms with Gasteiger partial charge in [0.2, 0.25) is 5.96 Å². The van der Waals surface area contributed by atoms with E-state index in [1.165, 1.54) is 0 Å². The molecule has 0 bridgehead atoms. The Bertz CT molecular complexity index is 858. The molecule has 2 aliphatic rings. The van der Waals surface area contributed by atoms with Crippen LogP contribution in [0.3, 0.4) is 0 Å². The fourth-order valence-electron chi connectivity index (χ4n) is 3.32. The number of methoxy groups -OCH3 is 1. The predicted octanol–water partition coefficient (Wildman–Crippen LogP) is 2.67. The first kappa shape index (κ1) is 16.2. The van der Waals surface area contributed by atoms with Crippen LogP contribution in [0.15, 0.2) is 34.4 Å². The Hall–Kier alpha value is -2.25. The average Bonchev–Trinajstić information content (AvgIpc) is 3.21. The van der Waals surface area contributed by atoms with Crippen LogP contribution in [0.2, 0.25) is 0 Å². The van der Waals surface area contributed by atoms with Crippen molar-refractivity contribution in [2.45, 2.75) is 37.8 Å². The molecule has 2 N–H and O–H groups in total. The number of benzene rings is 1. The number of thiazole rings is 1. The summed E-state index contributed by atoms with van der Waals surface area (Å²) in [5.74, 6) is 0.388. The quantitative estimate of drug-likeness (QED) is 0.829. The highest BCUT2D eigenvalue weighted by atomic mass is 32.1. The summed E-state index contributed by atoms with van der Waals surface area (Å²) in [5, 5.41) is 5.93. The molecule has 1 amide bonds. The van der Waals surface area contributed by atoms with E-state index in [-0.39, 0.29) is 18.1 Å². The number of ether oxygens (including phenoxy) is 1. The van der Waals surface area contributed by atoms with E-state index >= 15 is 0 Å². The first-order valence-electron chi connectivity index (χ1n) is 8.45. The zero-order valence-electron chi connectivity index (χ0n) is 14.0. The lowest BCUT2D eigenvalue weighted by Gasteiger charge is -2.25. The van der Waals surface area contributed by atoms with E-state index in [1.807, 2.05) is 29.8 Å². The number of guanidine groups is 1. The van der Waals surface area contributed by atoms with Crippen LogP contribution in [0, 0.1) is 0 Å². The lowest BCUT2D eigenvalue weighted by molar-refractivity contribution is -0.115. The Morgan fingerprint density at radius 1 is 1.36 bits per heavy atom. The molecule has 2 heterocycles. The molecule has 1 saturated carbocycles. The van der Waals surface area contributed by atoms with E-state index in [0.717, 1.165) is 41.5 Å². The van der Waals surface area contributed by atoms with Crippen LogP contribution < -0.4 is 10.6 Å². The third-order valence-electron chi connectivity index (χ3n) is 4.64. The lowest BCUT2D eigenvalue weighted by atomic mass is 9.93. The number of amides is 1. The topological polar surface area (TPSA) is 75.6 Å². The van der Waals surface area contributed by atoms with Gasteiger partial charge in [0.1, 0.15) is 5.70 Å². The molecule has 0 spiro atoms. The van der Waals surface area contributed by atoms with Gasteiger partial charge in [-0.2, -0.15) is 0 Å². The fraction of sp³-hybridized carbons (Fsp3) is 0.389. The van der Waals surface area contributed by atoms with Gasteiger partial charge in [-0.1, -0.05) is 6.07 Å². The van der Waals surface area contributed by atoms with Crippen molar-refractivity contribution in [2.24, 2.45) is 4.99 Å². The third kappa shape index (κ3) is 3.57. The minimum absolute atomic E-state index is 0.151. The molecule has 25 heavy (non-hydrogen) atoms. The van der Waals surface area contributed by atoms with Crippen molar-refractivity contribution in [3.63, 3.8) is 0 Å². The number of hydrogen-bond acceptors (Lipinski definition) is 5. The maximum Gasteiger partial charge on any atom is 0.274 e. The predicted molar refractivity (Wildman–Crippen MR) is 99.4 cm³/mol. The van der Waals surface area contributed by atoms with Crippen molar-refractivity contribution in [2.75, 3.05) is 7.11 Å². The van der Waals surface area contributed by atoms with Crippen LogP contribution in [0.4, 0.5) is 0 Å². The monoisotopic (exact) mass is 356 g/mol. The molecule has 1 aliphatic carbocycles. The molecule has 1 aromatic carbocycles. The summed E-state index contributed by atoms with van der Waals surface area (Å²) in [6.07, 6.45) is 6.23. The average molecular weight is 356 g/mol. The molecule has 2 unspecified atom stereocenters. The van der Waals surface area contributed by atoms with Crippen molar-refractivity contribution in [3.8, 4) is 0 Å². The number of hydrogen-bond donors (Lipinski definition) is 2. The SMILES string of the molecule is COC1CCCC(N=C2NC(=O)/C(=C/c3ccc4ncsc4c3)N2)C1. The summed E-state index contributed by atoms with van der Waals surface area (Å²) in [6, 6.07) is 6.15. The van der Waals surface area contributed by atoms with Crippen LogP contribution in [0.1, 0.15) is 31.2 Å². The van der Waals surface area contributed by atoms with Crippen LogP contribution in [-0.4, -0.2) is 36.1 Å². The summed E-state index contributed by atoms with van der Waals surface area (Å²) in [5.41, 5.74) is 4.28. The van der Waals surface area contributed by atoms with Crippen molar-refractivity contribution in [1.82, 2.24) is 15.6 Å². The van der Waals surface area contributed by atoms with Crippen molar-refractivity contribution < 1.29 is 9.53 Å². The highest BCUT2D eigenvalue weighted by Crippen LogP contribution is 2.24.